The first kappa shape index (κ1) is 21.1. The summed E-state index contributed by atoms with van der Waals surface area (Å²) in [5.41, 5.74) is 4.60. The van der Waals surface area contributed by atoms with Crippen LogP contribution in [0.15, 0.2) is 71.9 Å². The summed E-state index contributed by atoms with van der Waals surface area (Å²) in [5, 5.41) is 0.671. The molecule has 1 aromatic heterocycles. The number of aromatic nitrogens is 1. The van der Waals surface area contributed by atoms with Crippen LogP contribution in [0, 0.1) is 0 Å². The number of carbonyl (C=O) groups excluding carboxylic acids is 1. The van der Waals surface area contributed by atoms with Gasteiger partial charge in [-0.3, -0.25) is 14.8 Å². The van der Waals surface area contributed by atoms with Crippen molar-refractivity contribution in [2.45, 2.75) is 12.6 Å². The average Bonchev–Trinajstić information content (AvgIpc) is 3.34. The Labute approximate surface area is 203 Å². The minimum atomic E-state index is -0.107. The molecule has 0 radical (unpaired) electrons. The monoisotopic (exact) mass is 473 g/mol. The van der Waals surface area contributed by atoms with Gasteiger partial charge in [-0.05, 0) is 29.3 Å². The lowest BCUT2D eigenvalue weighted by Crippen LogP contribution is -2.50. The van der Waals surface area contributed by atoms with Crippen molar-refractivity contribution in [2.75, 3.05) is 42.6 Å². The normalized spacial score (nSPS) is 19.7. The Kier molecular flexibility index (Phi) is 5.43. The molecule has 3 aliphatic heterocycles. The number of hydrogen-bond donors (Lipinski definition) is 0. The quantitative estimate of drug-likeness (QED) is 0.559. The van der Waals surface area contributed by atoms with Crippen LogP contribution in [0.1, 0.15) is 22.9 Å². The van der Waals surface area contributed by atoms with E-state index in [0.717, 1.165) is 41.3 Å². The molecule has 1 atom stereocenters. The third-order valence-electron chi connectivity index (χ3n) is 6.52. The number of hydrogen-bond acceptors (Lipinski definition) is 5. The van der Waals surface area contributed by atoms with Gasteiger partial charge < -0.3 is 9.64 Å². The lowest BCUT2D eigenvalue weighted by atomic mass is 10.1. The lowest BCUT2D eigenvalue weighted by Gasteiger charge is -2.36. The molecule has 1 unspecified atom stereocenters. The lowest BCUT2D eigenvalue weighted by molar-refractivity contribution is 0.122. The van der Waals surface area contributed by atoms with Crippen molar-refractivity contribution in [3.63, 3.8) is 0 Å². The van der Waals surface area contributed by atoms with E-state index in [0.29, 0.717) is 37.2 Å². The number of anilines is 2. The number of ether oxygens (including phenoxy) is 1. The number of nitrogens with zero attached hydrogens (tertiary/aromatic N) is 5. The molecule has 3 aliphatic rings. The van der Waals surface area contributed by atoms with E-state index >= 15 is 0 Å². The molecule has 2 amide bonds. The second-order valence-electron chi connectivity index (χ2n) is 8.65. The molecule has 0 bridgehead atoms. The Morgan fingerprint density at radius 3 is 2.56 bits per heavy atom. The molecule has 172 valence electrons. The summed E-state index contributed by atoms with van der Waals surface area (Å²) in [6, 6.07) is 19.6. The molecular weight excluding hydrogens is 450 g/mol. The standard InChI is InChI=1S/C26H24ClN5O2/c27-20-8-6-18(7-9-20)16-31-23-14-21(30-10-12-34-13-11-30)15-28-24(23)25-29-22(17-32(25)26(31)33)19-4-2-1-3-5-19/h1-9,14-15,22H,10-13,16-17H2. The van der Waals surface area contributed by atoms with Crippen LogP contribution in [0.25, 0.3) is 0 Å². The van der Waals surface area contributed by atoms with Crippen molar-refractivity contribution in [2.24, 2.45) is 4.99 Å². The van der Waals surface area contributed by atoms with Gasteiger partial charge in [0.25, 0.3) is 0 Å². The van der Waals surface area contributed by atoms with E-state index < -0.39 is 0 Å². The van der Waals surface area contributed by atoms with E-state index in [1.165, 1.54) is 0 Å². The Morgan fingerprint density at radius 1 is 1.03 bits per heavy atom. The third-order valence-corrected chi connectivity index (χ3v) is 6.77. The molecule has 0 aliphatic carbocycles. The molecule has 0 N–H and O–H groups in total. The van der Waals surface area contributed by atoms with E-state index in [4.69, 9.17) is 26.3 Å². The maximum Gasteiger partial charge on any atom is 0.330 e. The largest absolute Gasteiger partial charge is 0.378 e. The number of amides is 2. The molecule has 34 heavy (non-hydrogen) atoms. The number of pyridine rings is 1. The molecule has 3 aromatic rings. The van der Waals surface area contributed by atoms with E-state index in [-0.39, 0.29) is 12.1 Å². The van der Waals surface area contributed by atoms with E-state index in [1.807, 2.05) is 53.6 Å². The molecule has 4 heterocycles. The van der Waals surface area contributed by atoms with Gasteiger partial charge in [-0.25, -0.2) is 9.78 Å². The molecule has 1 saturated heterocycles. The first-order valence-corrected chi connectivity index (χ1v) is 11.8. The molecule has 8 heteroatoms. The van der Waals surface area contributed by atoms with Gasteiger partial charge in [-0.2, -0.15) is 0 Å². The zero-order chi connectivity index (χ0) is 23.1. The fraction of sp³-hybridized carbons (Fsp3) is 0.269. The number of fused-ring (bicyclic) bond motifs is 3. The number of carbonyl (C=O) groups is 1. The zero-order valence-corrected chi connectivity index (χ0v) is 19.4. The van der Waals surface area contributed by atoms with Gasteiger partial charge in [0.15, 0.2) is 5.84 Å². The highest BCUT2D eigenvalue weighted by Gasteiger charge is 2.41. The summed E-state index contributed by atoms with van der Waals surface area (Å²) in [4.78, 5) is 29.4. The zero-order valence-electron chi connectivity index (χ0n) is 18.6. The smallest absolute Gasteiger partial charge is 0.330 e. The SMILES string of the molecule is O=C1N2CC(c3ccccc3)N=C2c2ncc(N3CCOCC3)cc2N1Cc1ccc(Cl)cc1. The highest BCUT2D eigenvalue weighted by Crippen LogP contribution is 2.37. The van der Waals surface area contributed by atoms with Crippen molar-refractivity contribution in [3.8, 4) is 0 Å². The number of rotatable bonds is 4. The average molecular weight is 474 g/mol. The van der Waals surface area contributed by atoms with Crippen molar-refractivity contribution >= 4 is 34.8 Å². The van der Waals surface area contributed by atoms with Crippen molar-refractivity contribution in [1.29, 1.82) is 0 Å². The van der Waals surface area contributed by atoms with Gasteiger partial charge in [0.05, 0.1) is 49.9 Å². The first-order chi connectivity index (χ1) is 16.7. The summed E-state index contributed by atoms with van der Waals surface area (Å²) < 4.78 is 5.51. The number of morpholine rings is 1. The second-order valence-corrected chi connectivity index (χ2v) is 9.08. The molecule has 0 saturated carbocycles. The molecular formula is C26H24ClN5O2. The number of amidine groups is 1. The van der Waals surface area contributed by atoms with Crippen LogP contribution in [0.3, 0.4) is 0 Å². The number of urea groups is 1. The van der Waals surface area contributed by atoms with Crippen LogP contribution >= 0.6 is 11.6 Å². The maximum atomic E-state index is 13.8. The minimum Gasteiger partial charge on any atom is -0.378 e. The Balaban J connectivity index is 1.41. The fourth-order valence-corrected chi connectivity index (χ4v) is 4.85. The first-order valence-electron chi connectivity index (χ1n) is 11.5. The van der Waals surface area contributed by atoms with Gasteiger partial charge in [-0.15, -0.1) is 0 Å². The molecule has 1 fully saturated rings. The number of halogens is 1. The third kappa shape index (κ3) is 3.81. The molecule has 6 rings (SSSR count). The van der Waals surface area contributed by atoms with Gasteiger partial charge in [0, 0.05) is 18.1 Å². The summed E-state index contributed by atoms with van der Waals surface area (Å²) in [6.45, 7) is 3.90. The van der Waals surface area contributed by atoms with Gasteiger partial charge >= 0.3 is 6.03 Å². The number of benzene rings is 2. The Morgan fingerprint density at radius 2 is 1.79 bits per heavy atom. The van der Waals surface area contributed by atoms with E-state index in [9.17, 15) is 4.79 Å². The van der Waals surface area contributed by atoms with Crippen LogP contribution in [0.2, 0.25) is 5.02 Å². The summed E-state index contributed by atoms with van der Waals surface area (Å²) in [6.07, 6.45) is 1.89. The van der Waals surface area contributed by atoms with Gasteiger partial charge in [0.1, 0.15) is 5.69 Å². The number of aliphatic imine (C=N–C) groups is 1. The maximum absolute atomic E-state index is 13.8. The highest BCUT2D eigenvalue weighted by molar-refractivity contribution is 6.30. The van der Waals surface area contributed by atoms with Crippen molar-refractivity contribution in [3.05, 3.63) is 88.7 Å². The van der Waals surface area contributed by atoms with Crippen molar-refractivity contribution < 1.29 is 9.53 Å². The topological polar surface area (TPSA) is 61.3 Å². The van der Waals surface area contributed by atoms with Crippen LogP contribution < -0.4 is 9.80 Å². The van der Waals surface area contributed by atoms with Crippen molar-refractivity contribution in [1.82, 2.24) is 9.88 Å². The second kappa shape index (κ2) is 8.74. The van der Waals surface area contributed by atoms with Crippen LogP contribution in [-0.2, 0) is 11.3 Å². The Hall–Kier alpha value is -3.42. The summed E-state index contributed by atoms with van der Waals surface area (Å²) >= 11 is 6.09. The molecule has 7 nitrogen and oxygen atoms in total. The molecule has 2 aromatic carbocycles. The highest BCUT2D eigenvalue weighted by atomic mass is 35.5. The molecule has 0 spiro atoms. The fourth-order valence-electron chi connectivity index (χ4n) is 4.72. The van der Waals surface area contributed by atoms with Crippen LogP contribution in [0.5, 0.6) is 0 Å². The predicted molar refractivity (Wildman–Crippen MR) is 133 cm³/mol. The summed E-state index contributed by atoms with van der Waals surface area (Å²) in [5.74, 6) is 0.648. The van der Waals surface area contributed by atoms with Crippen LogP contribution in [-0.4, -0.2) is 54.6 Å². The minimum absolute atomic E-state index is 0.0828. The van der Waals surface area contributed by atoms with Gasteiger partial charge in [-0.1, -0.05) is 54.1 Å². The van der Waals surface area contributed by atoms with Gasteiger partial charge in [0.2, 0.25) is 0 Å². The van der Waals surface area contributed by atoms with E-state index in [1.54, 1.807) is 4.90 Å². The Bertz CT molecular complexity index is 1240. The van der Waals surface area contributed by atoms with Crippen LogP contribution in [0.4, 0.5) is 16.2 Å². The summed E-state index contributed by atoms with van der Waals surface area (Å²) in [7, 11) is 0. The predicted octanol–water partition coefficient (Wildman–Crippen LogP) is 4.52. The van der Waals surface area contributed by atoms with E-state index in [2.05, 4.69) is 23.1 Å².